The van der Waals surface area contributed by atoms with Gasteiger partial charge in [-0.3, -0.25) is 0 Å². The first-order valence-electron chi connectivity index (χ1n) is 6.82. The first-order chi connectivity index (χ1) is 8.65. The van der Waals surface area contributed by atoms with Gasteiger partial charge >= 0.3 is 0 Å². The maximum Gasteiger partial charge on any atom is 0.0548 e. The van der Waals surface area contributed by atoms with Crippen LogP contribution in [0, 0.1) is 5.92 Å². The van der Waals surface area contributed by atoms with Gasteiger partial charge in [0.15, 0.2) is 0 Å². The first kappa shape index (κ1) is 14.4. The Hall–Kier alpha value is -0.0500. The van der Waals surface area contributed by atoms with Crippen molar-refractivity contribution in [2.75, 3.05) is 0 Å². The van der Waals surface area contributed by atoms with Gasteiger partial charge in [0.05, 0.1) is 5.02 Å². The van der Waals surface area contributed by atoms with Crippen LogP contribution >= 0.6 is 27.5 Å². The summed E-state index contributed by atoms with van der Waals surface area (Å²) in [7, 11) is 0. The molecule has 0 aliphatic heterocycles. The van der Waals surface area contributed by atoms with Crippen molar-refractivity contribution in [2.45, 2.75) is 51.6 Å². The lowest BCUT2D eigenvalue weighted by Gasteiger charge is -2.16. The highest BCUT2D eigenvalue weighted by molar-refractivity contribution is 9.10. The molecule has 0 amide bonds. The van der Waals surface area contributed by atoms with Crippen molar-refractivity contribution in [3.63, 3.8) is 0 Å². The monoisotopic (exact) mass is 329 g/mol. The van der Waals surface area contributed by atoms with Gasteiger partial charge < -0.3 is 5.32 Å². The van der Waals surface area contributed by atoms with Gasteiger partial charge in [-0.05, 0) is 58.8 Å². The van der Waals surface area contributed by atoms with Crippen molar-refractivity contribution in [3.8, 4) is 0 Å². The van der Waals surface area contributed by atoms with Crippen molar-refractivity contribution in [1.29, 1.82) is 0 Å². The molecule has 1 aromatic carbocycles. The summed E-state index contributed by atoms with van der Waals surface area (Å²) in [5.41, 5.74) is 1.29. The fourth-order valence-electron chi connectivity index (χ4n) is 2.60. The van der Waals surface area contributed by atoms with E-state index >= 15 is 0 Å². The van der Waals surface area contributed by atoms with E-state index in [0.717, 1.165) is 22.0 Å². The third kappa shape index (κ3) is 4.25. The van der Waals surface area contributed by atoms with Gasteiger partial charge in [0.1, 0.15) is 0 Å². The van der Waals surface area contributed by atoms with Gasteiger partial charge in [-0.25, -0.2) is 0 Å². The van der Waals surface area contributed by atoms with Crippen LogP contribution in [0.15, 0.2) is 22.7 Å². The molecule has 2 unspecified atom stereocenters. The highest BCUT2D eigenvalue weighted by Crippen LogP contribution is 2.25. The van der Waals surface area contributed by atoms with Gasteiger partial charge in [0.25, 0.3) is 0 Å². The molecule has 18 heavy (non-hydrogen) atoms. The zero-order valence-electron chi connectivity index (χ0n) is 10.9. The second-order valence-corrected chi connectivity index (χ2v) is 6.70. The zero-order chi connectivity index (χ0) is 13.0. The lowest BCUT2D eigenvalue weighted by molar-refractivity contribution is 0.447. The molecule has 3 heteroatoms. The second-order valence-electron chi connectivity index (χ2n) is 5.44. The van der Waals surface area contributed by atoms with Crippen LogP contribution in [0.25, 0.3) is 0 Å². The van der Waals surface area contributed by atoms with Gasteiger partial charge in [-0.15, -0.1) is 0 Å². The van der Waals surface area contributed by atoms with Gasteiger partial charge in [0, 0.05) is 17.1 Å². The van der Waals surface area contributed by atoms with Gasteiger partial charge in [-0.2, -0.15) is 0 Å². The average molecular weight is 331 g/mol. The van der Waals surface area contributed by atoms with Crippen molar-refractivity contribution in [2.24, 2.45) is 5.92 Å². The molecule has 0 radical (unpaired) electrons. The molecule has 100 valence electrons. The van der Waals surface area contributed by atoms with Gasteiger partial charge in [-0.1, -0.05) is 37.4 Å². The predicted molar refractivity (Wildman–Crippen MR) is 82.0 cm³/mol. The number of hydrogen-bond acceptors (Lipinski definition) is 1. The third-order valence-corrected chi connectivity index (χ3v) is 5.05. The fourth-order valence-corrected chi connectivity index (χ4v) is 3.15. The van der Waals surface area contributed by atoms with Crippen molar-refractivity contribution < 1.29 is 0 Å². The summed E-state index contributed by atoms with van der Waals surface area (Å²) >= 11 is 9.47. The minimum absolute atomic E-state index is 0.685. The third-order valence-electron chi connectivity index (χ3n) is 3.84. The molecular weight excluding hydrogens is 310 g/mol. The van der Waals surface area contributed by atoms with E-state index in [1.807, 2.05) is 6.07 Å². The van der Waals surface area contributed by atoms with E-state index in [1.54, 1.807) is 0 Å². The molecule has 1 aliphatic rings. The normalized spacial score (nSPS) is 24.8. The molecular formula is C15H21BrClN. The molecule has 2 rings (SSSR count). The largest absolute Gasteiger partial charge is 0.310 e. The Bertz CT molecular complexity index is 394. The summed E-state index contributed by atoms with van der Waals surface area (Å²) in [5.74, 6) is 0.904. The van der Waals surface area contributed by atoms with Crippen LogP contribution in [-0.2, 0) is 6.54 Å². The van der Waals surface area contributed by atoms with Crippen molar-refractivity contribution in [1.82, 2.24) is 5.32 Å². The Kier molecular flexibility index (Phi) is 5.53. The number of halogens is 2. The smallest absolute Gasteiger partial charge is 0.0548 e. The second kappa shape index (κ2) is 6.93. The zero-order valence-corrected chi connectivity index (χ0v) is 13.2. The molecule has 1 aliphatic carbocycles. The molecule has 0 aromatic heterocycles. The van der Waals surface area contributed by atoms with Crippen LogP contribution in [0.1, 0.15) is 44.6 Å². The maximum atomic E-state index is 6.00. The standard InChI is InChI=1S/C15H21BrClN/c1-11-3-2-4-13(7-5-11)18-10-12-6-8-15(17)14(16)9-12/h6,8-9,11,13,18H,2-5,7,10H2,1H3. The van der Waals surface area contributed by atoms with E-state index in [4.69, 9.17) is 11.6 Å². The highest BCUT2D eigenvalue weighted by atomic mass is 79.9. The number of hydrogen-bond donors (Lipinski definition) is 1. The molecule has 0 spiro atoms. The first-order valence-corrected chi connectivity index (χ1v) is 7.99. The molecule has 1 saturated carbocycles. The Labute approximate surface area is 123 Å². The summed E-state index contributed by atoms with van der Waals surface area (Å²) in [6, 6.07) is 6.84. The van der Waals surface area contributed by atoms with E-state index in [2.05, 4.69) is 40.3 Å². The van der Waals surface area contributed by atoms with Crippen LogP contribution in [0.4, 0.5) is 0 Å². The quantitative estimate of drug-likeness (QED) is 0.755. The maximum absolute atomic E-state index is 6.00. The fraction of sp³-hybridized carbons (Fsp3) is 0.600. The van der Waals surface area contributed by atoms with Crippen LogP contribution < -0.4 is 5.32 Å². The topological polar surface area (TPSA) is 12.0 Å². The molecule has 1 nitrogen and oxygen atoms in total. The predicted octanol–water partition coefficient (Wildman–Crippen LogP) is 5.16. The molecule has 2 atom stereocenters. The highest BCUT2D eigenvalue weighted by Gasteiger charge is 2.15. The van der Waals surface area contributed by atoms with E-state index in [0.29, 0.717) is 6.04 Å². The van der Waals surface area contributed by atoms with E-state index < -0.39 is 0 Å². The van der Waals surface area contributed by atoms with E-state index in [9.17, 15) is 0 Å². The van der Waals surface area contributed by atoms with Gasteiger partial charge in [0.2, 0.25) is 0 Å². The van der Waals surface area contributed by atoms with Crippen LogP contribution in [-0.4, -0.2) is 6.04 Å². The van der Waals surface area contributed by atoms with Crippen molar-refractivity contribution in [3.05, 3.63) is 33.3 Å². The summed E-state index contributed by atoms with van der Waals surface area (Å²) < 4.78 is 0.984. The Morgan fingerprint density at radius 2 is 2.11 bits per heavy atom. The van der Waals surface area contributed by atoms with Crippen molar-refractivity contribution >= 4 is 27.5 Å². The molecule has 0 heterocycles. The van der Waals surface area contributed by atoms with E-state index in [1.165, 1.54) is 37.7 Å². The molecule has 1 N–H and O–H groups in total. The summed E-state index contributed by atoms with van der Waals surface area (Å²) in [4.78, 5) is 0. The lowest BCUT2D eigenvalue weighted by atomic mass is 10.0. The van der Waals surface area contributed by atoms with Crippen LogP contribution in [0.2, 0.25) is 5.02 Å². The van der Waals surface area contributed by atoms with E-state index in [-0.39, 0.29) is 0 Å². The lowest BCUT2D eigenvalue weighted by Crippen LogP contribution is -2.27. The summed E-state index contributed by atoms with van der Waals surface area (Å²) in [6.07, 6.45) is 6.75. The molecule has 0 bridgehead atoms. The Morgan fingerprint density at radius 1 is 1.28 bits per heavy atom. The molecule has 1 fully saturated rings. The number of nitrogens with one attached hydrogen (secondary N) is 1. The Balaban J connectivity index is 1.85. The van der Waals surface area contributed by atoms with Crippen LogP contribution in [0.5, 0.6) is 0 Å². The Morgan fingerprint density at radius 3 is 2.89 bits per heavy atom. The average Bonchev–Trinajstić information content (AvgIpc) is 2.56. The molecule has 1 aromatic rings. The summed E-state index contributed by atoms with van der Waals surface area (Å²) in [5, 5.41) is 4.46. The SMILES string of the molecule is CC1CCCC(NCc2ccc(Cl)c(Br)c2)CC1. The van der Waals surface area contributed by atoms with Crippen LogP contribution in [0.3, 0.4) is 0 Å². The summed E-state index contributed by atoms with van der Waals surface area (Å²) in [6.45, 7) is 3.31. The minimum Gasteiger partial charge on any atom is -0.310 e. The molecule has 0 saturated heterocycles. The minimum atomic E-state index is 0.685. The number of rotatable bonds is 3. The number of benzene rings is 1.